The van der Waals surface area contributed by atoms with Gasteiger partial charge >= 0.3 is 0 Å². The molecule has 0 bridgehead atoms. The SMILES string of the molecule is c1ccc2c(c1)nc(-c1ccc(-c3cc(-n4c5ccccc5c5ccccc54)cc(-n4c5ccccc5c5ccccc54)c3)cc1)c1oc(-c3ccncc3)c(-c3ccncc3)c12. The van der Waals surface area contributed by atoms with Crippen molar-refractivity contribution in [2.75, 3.05) is 0 Å². The highest BCUT2D eigenvalue weighted by atomic mass is 16.3. The summed E-state index contributed by atoms with van der Waals surface area (Å²) in [5.41, 5.74) is 15.4. The van der Waals surface area contributed by atoms with Crippen molar-refractivity contribution in [1.82, 2.24) is 24.1 Å². The predicted molar refractivity (Wildman–Crippen MR) is 258 cm³/mol. The van der Waals surface area contributed by atoms with E-state index in [2.05, 4.69) is 177 Å². The first kappa shape index (κ1) is 35.2. The summed E-state index contributed by atoms with van der Waals surface area (Å²) in [6.45, 7) is 0. The molecule has 63 heavy (non-hydrogen) atoms. The van der Waals surface area contributed by atoms with E-state index in [0.717, 1.165) is 78.1 Å². The molecule has 0 aliphatic carbocycles. The van der Waals surface area contributed by atoms with E-state index in [-0.39, 0.29) is 0 Å². The molecule has 0 spiro atoms. The minimum atomic E-state index is 0.738. The maximum Gasteiger partial charge on any atom is 0.162 e. The molecule has 7 aromatic carbocycles. The smallest absolute Gasteiger partial charge is 0.162 e. The normalized spacial score (nSPS) is 11.8. The van der Waals surface area contributed by atoms with E-state index >= 15 is 0 Å². The van der Waals surface area contributed by atoms with Gasteiger partial charge in [0, 0.05) is 85.2 Å². The van der Waals surface area contributed by atoms with Crippen LogP contribution in [0.15, 0.2) is 217 Å². The Morgan fingerprint density at radius 3 is 1.33 bits per heavy atom. The molecule has 13 rings (SSSR count). The molecule has 0 aliphatic rings. The standard InChI is InChI=1S/C57H35N5O/c1-6-16-48-47(15-1)54-53(37-25-29-58-30-26-37)56(39-27-31-59-32-28-39)63-57(54)55(60-48)38-23-21-36(22-24-38)40-33-41(61-49-17-7-2-11-43(49)44-12-3-8-18-50(44)61)35-42(34-40)62-51-19-9-4-13-45(51)46-14-5-10-20-52(46)62/h1-35H. The first-order chi connectivity index (χ1) is 31.3. The number of pyridine rings is 3. The van der Waals surface area contributed by atoms with Gasteiger partial charge in [-0.25, -0.2) is 4.98 Å². The quantitative estimate of drug-likeness (QED) is 0.168. The molecule has 6 heterocycles. The lowest BCUT2D eigenvalue weighted by Crippen LogP contribution is -2.00. The number of furan rings is 1. The number of hydrogen-bond donors (Lipinski definition) is 0. The van der Waals surface area contributed by atoms with Gasteiger partial charge in [0.05, 0.1) is 27.6 Å². The van der Waals surface area contributed by atoms with Crippen molar-refractivity contribution in [1.29, 1.82) is 0 Å². The predicted octanol–water partition coefficient (Wildman–Crippen LogP) is 14.6. The monoisotopic (exact) mass is 805 g/mol. The fraction of sp³-hybridized carbons (Fsp3) is 0. The molecule has 6 nitrogen and oxygen atoms in total. The Morgan fingerprint density at radius 1 is 0.365 bits per heavy atom. The Bertz CT molecular complexity index is 3660. The highest BCUT2D eigenvalue weighted by Crippen LogP contribution is 2.47. The first-order valence-corrected chi connectivity index (χ1v) is 21.2. The van der Waals surface area contributed by atoms with Crippen LogP contribution in [0, 0.1) is 0 Å². The van der Waals surface area contributed by atoms with Crippen molar-refractivity contribution in [2.45, 2.75) is 0 Å². The zero-order valence-electron chi connectivity index (χ0n) is 33.9. The van der Waals surface area contributed by atoms with E-state index in [0.29, 0.717) is 0 Å². The average Bonchev–Trinajstić information content (AvgIpc) is 4.03. The van der Waals surface area contributed by atoms with Crippen LogP contribution in [0.3, 0.4) is 0 Å². The Morgan fingerprint density at radius 2 is 0.810 bits per heavy atom. The second kappa shape index (κ2) is 14.0. The Hall–Kier alpha value is -8.61. The summed E-state index contributed by atoms with van der Waals surface area (Å²) in [7, 11) is 0. The molecule has 0 fully saturated rings. The lowest BCUT2D eigenvalue weighted by Gasteiger charge is -2.16. The van der Waals surface area contributed by atoms with Crippen molar-refractivity contribution in [2.24, 2.45) is 0 Å². The molecule has 0 amide bonds. The molecule has 6 heteroatoms. The Balaban J connectivity index is 1.04. The van der Waals surface area contributed by atoms with Crippen molar-refractivity contribution in [3.8, 4) is 56.2 Å². The molecule has 0 saturated heterocycles. The van der Waals surface area contributed by atoms with Gasteiger partial charge in [-0.15, -0.1) is 0 Å². The van der Waals surface area contributed by atoms with Crippen LogP contribution in [0.2, 0.25) is 0 Å². The Kier molecular flexibility index (Phi) is 7.80. The van der Waals surface area contributed by atoms with Crippen LogP contribution in [-0.4, -0.2) is 24.1 Å². The van der Waals surface area contributed by atoms with Crippen LogP contribution < -0.4 is 0 Å². The lowest BCUT2D eigenvalue weighted by molar-refractivity contribution is 0.632. The number of nitrogens with zero attached hydrogens (tertiary/aromatic N) is 5. The maximum absolute atomic E-state index is 6.99. The molecule has 0 unspecified atom stereocenters. The molecule has 294 valence electrons. The third kappa shape index (κ3) is 5.48. The van der Waals surface area contributed by atoms with Crippen molar-refractivity contribution < 1.29 is 4.42 Å². The second-order valence-corrected chi connectivity index (χ2v) is 16.0. The molecule has 13 aromatic rings. The fourth-order valence-electron chi connectivity index (χ4n) is 9.75. The Labute approximate surface area is 361 Å². The van der Waals surface area contributed by atoms with Gasteiger partial charge < -0.3 is 13.6 Å². The van der Waals surface area contributed by atoms with E-state index in [1.807, 2.05) is 42.7 Å². The largest absolute Gasteiger partial charge is 0.453 e. The molecule has 0 N–H and O–H groups in total. The van der Waals surface area contributed by atoms with Crippen molar-refractivity contribution >= 4 is 65.5 Å². The van der Waals surface area contributed by atoms with E-state index in [1.54, 1.807) is 12.4 Å². The lowest BCUT2D eigenvalue weighted by atomic mass is 9.96. The van der Waals surface area contributed by atoms with Gasteiger partial charge in [0.15, 0.2) is 5.58 Å². The molecule has 6 aromatic heterocycles. The van der Waals surface area contributed by atoms with Crippen LogP contribution >= 0.6 is 0 Å². The molecular formula is C57H35N5O. The summed E-state index contributed by atoms with van der Waals surface area (Å²) in [6, 6.07) is 67.0. The van der Waals surface area contributed by atoms with Crippen LogP contribution in [-0.2, 0) is 0 Å². The summed E-state index contributed by atoms with van der Waals surface area (Å²) in [6.07, 6.45) is 7.27. The number of rotatable bonds is 6. The van der Waals surface area contributed by atoms with Gasteiger partial charge in [0.25, 0.3) is 0 Å². The maximum atomic E-state index is 6.99. The van der Waals surface area contributed by atoms with Crippen molar-refractivity contribution in [3.05, 3.63) is 213 Å². The van der Waals surface area contributed by atoms with E-state index in [1.165, 1.54) is 43.6 Å². The first-order valence-electron chi connectivity index (χ1n) is 21.2. The highest BCUT2D eigenvalue weighted by molar-refractivity contribution is 6.18. The van der Waals surface area contributed by atoms with Gasteiger partial charge in [-0.2, -0.15) is 0 Å². The van der Waals surface area contributed by atoms with Crippen LogP contribution in [0.25, 0.3) is 122 Å². The average molecular weight is 806 g/mol. The zero-order valence-corrected chi connectivity index (χ0v) is 33.9. The van der Waals surface area contributed by atoms with Gasteiger partial charge in [-0.05, 0) is 89.5 Å². The summed E-state index contributed by atoms with van der Waals surface area (Å²) < 4.78 is 11.8. The number of aromatic nitrogens is 5. The molecule has 0 atom stereocenters. The summed E-state index contributed by atoms with van der Waals surface area (Å²) in [4.78, 5) is 13.9. The minimum absolute atomic E-state index is 0.738. The third-order valence-electron chi connectivity index (χ3n) is 12.5. The fourth-order valence-corrected chi connectivity index (χ4v) is 9.75. The van der Waals surface area contributed by atoms with Gasteiger partial charge in [0.1, 0.15) is 11.5 Å². The van der Waals surface area contributed by atoms with E-state index < -0.39 is 0 Å². The van der Waals surface area contributed by atoms with Crippen molar-refractivity contribution in [3.63, 3.8) is 0 Å². The molecule has 0 aliphatic heterocycles. The van der Waals surface area contributed by atoms with E-state index in [4.69, 9.17) is 9.40 Å². The summed E-state index contributed by atoms with van der Waals surface area (Å²) in [5, 5.41) is 6.97. The molecular weight excluding hydrogens is 771 g/mol. The number of benzene rings is 7. The number of hydrogen-bond acceptors (Lipinski definition) is 4. The molecule has 0 radical (unpaired) electrons. The summed E-state index contributed by atoms with van der Waals surface area (Å²) >= 11 is 0. The highest BCUT2D eigenvalue weighted by Gasteiger charge is 2.24. The van der Waals surface area contributed by atoms with E-state index in [9.17, 15) is 0 Å². The van der Waals surface area contributed by atoms with Gasteiger partial charge in [0.2, 0.25) is 0 Å². The zero-order chi connectivity index (χ0) is 41.4. The minimum Gasteiger partial charge on any atom is -0.453 e. The summed E-state index contributed by atoms with van der Waals surface area (Å²) in [5.74, 6) is 0.772. The van der Waals surface area contributed by atoms with Crippen LogP contribution in [0.1, 0.15) is 0 Å². The third-order valence-corrected chi connectivity index (χ3v) is 12.5. The topological polar surface area (TPSA) is 61.7 Å². The number of para-hydroxylation sites is 5. The van der Waals surface area contributed by atoms with Crippen LogP contribution in [0.4, 0.5) is 0 Å². The van der Waals surface area contributed by atoms with Gasteiger partial charge in [-0.3, -0.25) is 9.97 Å². The number of fused-ring (bicyclic) bond motifs is 9. The second-order valence-electron chi connectivity index (χ2n) is 16.0. The molecule has 0 saturated carbocycles. The van der Waals surface area contributed by atoms with Crippen LogP contribution in [0.5, 0.6) is 0 Å². The van der Waals surface area contributed by atoms with Gasteiger partial charge in [-0.1, -0.05) is 115 Å².